The molecule has 1 saturated carbocycles. The Labute approximate surface area is 154 Å². The SMILES string of the molecule is CCOC(=O)C1CC(=O)C(C(=Nc2ccccc2)c2cnns2)C(=O)C1. The number of para-hydroxylation sites is 1. The van der Waals surface area contributed by atoms with Gasteiger partial charge in [-0.2, -0.15) is 0 Å². The van der Waals surface area contributed by atoms with Crippen LogP contribution in [0.4, 0.5) is 5.69 Å². The van der Waals surface area contributed by atoms with E-state index in [1.54, 1.807) is 19.1 Å². The first-order chi connectivity index (χ1) is 12.6. The van der Waals surface area contributed by atoms with Crippen LogP contribution in [-0.2, 0) is 19.1 Å². The Morgan fingerprint density at radius 2 is 1.92 bits per heavy atom. The van der Waals surface area contributed by atoms with Crippen molar-refractivity contribution >= 4 is 40.5 Å². The first kappa shape index (κ1) is 18.1. The second-order valence-corrected chi connectivity index (χ2v) is 6.62. The lowest BCUT2D eigenvalue weighted by molar-refractivity contribution is -0.153. The number of hydrogen-bond acceptors (Lipinski definition) is 8. The van der Waals surface area contributed by atoms with Crippen molar-refractivity contribution in [1.82, 2.24) is 9.59 Å². The van der Waals surface area contributed by atoms with Crippen molar-refractivity contribution in [3.8, 4) is 0 Å². The zero-order valence-corrected chi connectivity index (χ0v) is 14.9. The zero-order valence-electron chi connectivity index (χ0n) is 14.1. The molecular formula is C18H17N3O4S. The fraction of sp³-hybridized carbons (Fsp3) is 0.333. The first-order valence-electron chi connectivity index (χ1n) is 8.23. The normalized spacial score (nSPS) is 20.9. The maximum Gasteiger partial charge on any atom is 0.309 e. The number of benzene rings is 1. The molecule has 0 N–H and O–H groups in total. The summed E-state index contributed by atoms with van der Waals surface area (Å²) in [7, 11) is 0. The third-order valence-electron chi connectivity index (χ3n) is 4.05. The van der Waals surface area contributed by atoms with Crippen molar-refractivity contribution in [1.29, 1.82) is 0 Å². The third kappa shape index (κ3) is 3.91. The summed E-state index contributed by atoms with van der Waals surface area (Å²) in [5.74, 6) is -2.90. The van der Waals surface area contributed by atoms with E-state index >= 15 is 0 Å². The van der Waals surface area contributed by atoms with Gasteiger partial charge in [0.05, 0.1) is 35.0 Å². The summed E-state index contributed by atoms with van der Waals surface area (Å²) < 4.78 is 8.76. The largest absolute Gasteiger partial charge is 0.466 e. The number of rotatable bonds is 5. The molecule has 0 aliphatic heterocycles. The van der Waals surface area contributed by atoms with Gasteiger partial charge in [-0.3, -0.25) is 19.4 Å². The average Bonchev–Trinajstić information content (AvgIpc) is 3.15. The van der Waals surface area contributed by atoms with Crippen molar-refractivity contribution in [3.05, 3.63) is 41.4 Å². The maximum absolute atomic E-state index is 12.7. The van der Waals surface area contributed by atoms with Crippen LogP contribution in [0.15, 0.2) is 41.5 Å². The standard InChI is InChI=1S/C18H17N3O4S/c1-2-25-18(24)11-8-13(22)16(14(23)9-11)17(15-10-19-21-26-15)20-12-6-4-3-5-7-12/h3-7,10-11,16H,2,8-9H2,1H3. The molecule has 0 unspecified atom stereocenters. The number of hydrogen-bond donors (Lipinski definition) is 0. The second kappa shape index (κ2) is 8.09. The minimum atomic E-state index is -1.01. The molecule has 1 aromatic carbocycles. The lowest BCUT2D eigenvalue weighted by Gasteiger charge is -2.25. The molecule has 0 atom stereocenters. The van der Waals surface area contributed by atoms with E-state index < -0.39 is 17.8 Å². The topological polar surface area (TPSA) is 98.6 Å². The van der Waals surface area contributed by atoms with Gasteiger partial charge in [0, 0.05) is 12.8 Å². The maximum atomic E-state index is 12.7. The van der Waals surface area contributed by atoms with Crippen LogP contribution in [0, 0.1) is 11.8 Å². The lowest BCUT2D eigenvalue weighted by atomic mass is 9.77. The van der Waals surface area contributed by atoms with E-state index in [-0.39, 0.29) is 31.0 Å². The molecule has 1 aromatic heterocycles. The molecule has 26 heavy (non-hydrogen) atoms. The average molecular weight is 371 g/mol. The van der Waals surface area contributed by atoms with E-state index in [1.807, 2.05) is 18.2 Å². The highest BCUT2D eigenvalue weighted by molar-refractivity contribution is 7.08. The Bertz CT molecular complexity index is 815. The van der Waals surface area contributed by atoms with Crippen LogP contribution in [0.2, 0.25) is 0 Å². The molecule has 1 fully saturated rings. The number of carbonyl (C=O) groups excluding carboxylic acids is 3. The third-order valence-corrected chi connectivity index (χ3v) is 4.74. The van der Waals surface area contributed by atoms with Gasteiger partial charge >= 0.3 is 5.97 Å². The van der Waals surface area contributed by atoms with Crippen molar-refractivity contribution < 1.29 is 19.1 Å². The molecule has 7 nitrogen and oxygen atoms in total. The van der Waals surface area contributed by atoms with Gasteiger partial charge in [-0.1, -0.05) is 22.7 Å². The van der Waals surface area contributed by atoms with E-state index in [4.69, 9.17) is 4.74 Å². The van der Waals surface area contributed by atoms with Gasteiger partial charge in [0.15, 0.2) is 0 Å². The molecule has 8 heteroatoms. The minimum Gasteiger partial charge on any atom is -0.466 e. The van der Waals surface area contributed by atoms with Crippen LogP contribution < -0.4 is 0 Å². The van der Waals surface area contributed by atoms with Crippen LogP contribution in [0.3, 0.4) is 0 Å². The number of ketones is 2. The van der Waals surface area contributed by atoms with Crippen LogP contribution >= 0.6 is 11.5 Å². The first-order valence-corrected chi connectivity index (χ1v) is 9.01. The number of Topliss-reactive ketones (excluding diaryl/α,β-unsaturated/α-hetero) is 2. The summed E-state index contributed by atoms with van der Waals surface area (Å²) in [4.78, 5) is 42.4. The summed E-state index contributed by atoms with van der Waals surface area (Å²) in [6.07, 6.45) is 1.43. The van der Waals surface area contributed by atoms with E-state index in [0.717, 1.165) is 11.5 Å². The van der Waals surface area contributed by atoms with E-state index in [9.17, 15) is 14.4 Å². The van der Waals surface area contributed by atoms with Crippen LogP contribution in [0.5, 0.6) is 0 Å². The van der Waals surface area contributed by atoms with Gasteiger partial charge in [-0.15, -0.1) is 5.10 Å². The van der Waals surface area contributed by atoms with Gasteiger partial charge in [0.25, 0.3) is 0 Å². The summed E-state index contributed by atoms with van der Waals surface area (Å²) >= 11 is 1.08. The Morgan fingerprint density at radius 3 is 2.50 bits per heavy atom. The number of nitrogens with zero attached hydrogens (tertiary/aromatic N) is 3. The molecule has 0 amide bonds. The number of esters is 1. The monoisotopic (exact) mass is 371 g/mol. The second-order valence-electron chi connectivity index (χ2n) is 5.84. The summed E-state index contributed by atoms with van der Waals surface area (Å²) in [6, 6.07) is 9.07. The summed E-state index contributed by atoms with van der Waals surface area (Å²) in [5.41, 5.74) is 0.965. The van der Waals surface area contributed by atoms with Gasteiger partial charge in [-0.25, -0.2) is 0 Å². The summed E-state index contributed by atoms with van der Waals surface area (Å²) in [5, 5.41) is 3.79. The van der Waals surface area contributed by atoms with E-state index in [0.29, 0.717) is 16.3 Å². The smallest absolute Gasteiger partial charge is 0.309 e. The van der Waals surface area contributed by atoms with Gasteiger partial charge in [0.1, 0.15) is 17.5 Å². The van der Waals surface area contributed by atoms with Gasteiger partial charge in [-0.05, 0) is 30.6 Å². The fourth-order valence-corrected chi connectivity index (χ4v) is 3.42. The predicted octanol–water partition coefficient (Wildman–Crippen LogP) is 2.39. The Morgan fingerprint density at radius 1 is 1.23 bits per heavy atom. The predicted molar refractivity (Wildman–Crippen MR) is 95.4 cm³/mol. The molecule has 2 aromatic rings. The summed E-state index contributed by atoms with van der Waals surface area (Å²) in [6.45, 7) is 1.91. The molecule has 1 aliphatic carbocycles. The minimum absolute atomic E-state index is 0.0325. The van der Waals surface area contributed by atoms with E-state index in [1.165, 1.54) is 6.20 Å². The molecule has 1 aliphatic rings. The Balaban J connectivity index is 1.93. The number of aromatic nitrogens is 2. The van der Waals surface area contributed by atoms with Crippen molar-refractivity contribution in [2.75, 3.05) is 6.61 Å². The number of ether oxygens (including phenoxy) is 1. The highest BCUT2D eigenvalue weighted by atomic mass is 32.1. The van der Waals surface area contributed by atoms with Gasteiger partial charge < -0.3 is 4.74 Å². The molecule has 0 saturated heterocycles. The molecule has 3 rings (SSSR count). The van der Waals surface area contributed by atoms with Crippen LogP contribution in [-0.4, -0.2) is 39.4 Å². The highest BCUT2D eigenvalue weighted by Crippen LogP contribution is 2.29. The van der Waals surface area contributed by atoms with Crippen molar-refractivity contribution in [2.24, 2.45) is 16.8 Å². The lowest BCUT2D eigenvalue weighted by Crippen LogP contribution is -2.41. The fourth-order valence-electron chi connectivity index (χ4n) is 2.89. The molecular weight excluding hydrogens is 354 g/mol. The zero-order chi connectivity index (χ0) is 18.5. The number of aliphatic imine (C=N–C) groups is 1. The van der Waals surface area contributed by atoms with Crippen LogP contribution in [0.25, 0.3) is 0 Å². The van der Waals surface area contributed by atoms with Crippen molar-refractivity contribution in [2.45, 2.75) is 19.8 Å². The Kier molecular flexibility index (Phi) is 5.62. The highest BCUT2D eigenvalue weighted by Gasteiger charge is 2.42. The molecule has 134 valence electrons. The number of carbonyl (C=O) groups is 3. The van der Waals surface area contributed by atoms with E-state index in [2.05, 4.69) is 14.6 Å². The van der Waals surface area contributed by atoms with Crippen LogP contribution in [0.1, 0.15) is 24.6 Å². The quantitative estimate of drug-likeness (QED) is 0.455. The van der Waals surface area contributed by atoms with Gasteiger partial charge in [0.2, 0.25) is 0 Å². The molecule has 1 heterocycles. The Hall–Kier alpha value is -2.74. The van der Waals surface area contributed by atoms with Crippen molar-refractivity contribution in [3.63, 3.8) is 0 Å². The molecule has 0 spiro atoms. The molecule has 0 radical (unpaired) electrons. The molecule has 0 bridgehead atoms.